The Morgan fingerprint density at radius 1 is 0.565 bits per heavy atom. The van der Waals surface area contributed by atoms with E-state index in [-0.39, 0.29) is 22.3 Å². The summed E-state index contributed by atoms with van der Waals surface area (Å²) in [6.45, 7) is 5.46. The SMILES string of the molecule is COc1ccc(Cc2c(C)cc(C)cc2O[C@@H]2O[C@H]([C@@H](C)OC(=O)c3ccccc3)[C@@H](OC(=O)c3ccccc3)[C@H](OC(=O)c3ccccc3)[C@H]2OC(=O)c2ccccc2)cc1. The number of carbonyl (C=O) groups is 4. The first-order valence-corrected chi connectivity index (χ1v) is 20.2. The van der Waals surface area contributed by atoms with Gasteiger partial charge in [0, 0.05) is 12.0 Å². The fourth-order valence-corrected chi connectivity index (χ4v) is 7.24. The van der Waals surface area contributed by atoms with Crippen LogP contribution in [0.15, 0.2) is 158 Å². The van der Waals surface area contributed by atoms with Gasteiger partial charge in [-0.3, -0.25) is 0 Å². The lowest BCUT2D eigenvalue weighted by molar-refractivity contribution is -0.284. The average molecular weight is 835 g/mol. The fraction of sp³-hybridized carbons (Fsp3) is 0.216. The largest absolute Gasteiger partial charge is 0.497 e. The van der Waals surface area contributed by atoms with E-state index in [9.17, 15) is 19.2 Å². The summed E-state index contributed by atoms with van der Waals surface area (Å²) >= 11 is 0. The highest BCUT2D eigenvalue weighted by Gasteiger charge is 2.56. The van der Waals surface area contributed by atoms with Gasteiger partial charge in [-0.2, -0.15) is 0 Å². The first-order valence-electron chi connectivity index (χ1n) is 20.2. The Hall–Kier alpha value is -7.24. The Balaban J connectivity index is 1.36. The van der Waals surface area contributed by atoms with Crippen molar-refractivity contribution in [1.29, 1.82) is 0 Å². The van der Waals surface area contributed by atoms with Crippen LogP contribution >= 0.6 is 0 Å². The van der Waals surface area contributed by atoms with Gasteiger partial charge in [-0.25, -0.2) is 19.2 Å². The monoisotopic (exact) mass is 834 g/mol. The van der Waals surface area contributed by atoms with Gasteiger partial charge in [-0.1, -0.05) is 91.0 Å². The number of esters is 4. The number of hydrogen-bond acceptors (Lipinski definition) is 11. The third kappa shape index (κ3) is 10.4. The number of benzene rings is 6. The maximum atomic E-state index is 14.1. The van der Waals surface area contributed by atoms with Crippen molar-refractivity contribution >= 4 is 23.9 Å². The standard InChI is InChI=1S/C51H46O11/c1-32-29-33(2)41(31-35-25-27-40(56-4)28-26-35)42(30-32)58-51-46(61-50(55)39-23-15-8-16-24-39)45(60-49(54)38-21-13-7-14-22-38)44(59-48(53)37-19-11-6-12-20-37)43(62-51)34(3)57-47(52)36-17-9-5-10-18-36/h5-30,34,43-46,51H,31H2,1-4H3/t34-,43-,44-,45+,46-,51-/m1/s1. The number of carbonyl (C=O) groups excluding carboxylic acids is 4. The second-order valence-corrected chi connectivity index (χ2v) is 14.9. The smallest absolute Gasteiger partial charge is 0.338 e. The third-order valence-corrected chi connectivity index (χ3v) is 10.4. The van der Waals surface area contributed by atoms with Crippen molar-refractivity contribution in [1.82, 2.24) is 0 Å². The first kappa shape index (κ1) is 42.9. The van der Waals surface area contributed by atoms with E-state index >= 15 is 0 Å². The van der Waals surface area contributed by atoms with Crippen LogP contribution in [0.4, 0.5) is 0 Å². The van der Waals surface area contributed by atoms with Gasteiger partial charge in [-0.05, 0) is 104 Å². The summed E-state index contributed by atoms with van der Waals surface area (Å²) in [6.07, 6.45) is -8.28. The maximum absolute atomic E-state index is 14.1. The van der Waals surface area contributed by atoms with Crippen LogP contribution in [0.3, 0.4) is 0 Å². The zero-order valence-corrected chi connectivity index (χ0v) is 34.7. The molecule has 0 amide bonds. The van der Waals surface area contributed by atoms with E-state index in [1.807, 2.05) is 50.2 Å². The van der Waals surface area contributed by atoms with Gasteiger partial charge in [0.05, 0.1) is 29.4 Å². The molecule has 0 radical (unpaired) electrons. The normalized spacial score (nSPS) is 18.7. The minimum atomic E-state index is -1.58. The van der Waals surface area contributed by atoms with E-state index in [2.05, 4.69) is 0 Å². The number of ether oxygens (including phenoxy) is 7. The Morgan fingerprint density at radius 2 is 1.02 bits per heavy atom. The van der Waals surface area contributed by atoms with Crippen molar-refractivity contribution in [3.63, 3.8) is 0 Å². The molecule has 11 heteroatoms. The van der Waals surface area contributed by atoms with Crippen LogP contribution in [0.2, 0.25) is 0 Å². The molecule has 1 saturated heterocycles. The summed E-state index contributed by atoms with van der Waals surface area (Å²) in [7, 11) is 1.60. The van der Waals surface area contributed by atoms with E-state index in [1.54, 1.807) is 135 Å². The van der Waals surface area contributed by atoms with Crippen LogP contribution in [0.5, 0.6) is 11.5 Å². The zero-order chi connectivity index (χ0) is 43.6. The summed E-state index contributed by atoms with van der Waals surface area (Å²) < 4.78 is 43.8. The molecule has 62 heavy (non-hydrogen) atoms. The Labute approximate surface area is 360 Å². The van der Waals surface area contributed by atoms with Crippen LogP contribution in [0.1, 0.15) is 70.6 Å². The molecule has 0 bridgehead atoms. The lowest BCUT2D eigenvalue weighted by Crippen LogP contribution is -2.65. The van der Waals surface area contributed by atoms with Crippen LogP contribution in [0.25, 0.3) is 0 Å². The molecule has 0 N–H and O–H groups in total. The molecule has 6 aromatic carbocycles. The van der Waals surface area contributed by atoms with E-state index in [0.717, 1.165) is 22.3 Å². The zero-order valence-electron chi connectivity index (χ0n) is 34.7. The second kappa shape index (κ2) is 19.9. The van der Waals surface area contributed by atoms with E-state index in [4.69, 9.17) is 33.2 Å². The molecule has 1 fully saturated rings. The number of rotatable bonds is 14. The summed E-state index contributed by atoms with van der Waals surface area (Å²) in [5.74, 6) is -1.98. The van der Waals surface area contributed by atoms with Gasteiger partial charge < -0.3 is 33.2 Å². The molecule has 0 spiro atoms. The molecule has 0 aromatic heterocycles. The second-order valence-electron chi connectivity index (χ2n) is 14.9. The van der Waals surface area contributed by atoms with Crippen molar-refractivity contribution in [3.05, 3.63) is 202 Å². The molecule has 6 atom stereocenters. The summed E-state index contributed by atoms with van der Waals surface area (Å²) in [5, 5.41) is 0. The van der Waals surface area contributed by atoms with Gasteiger partial charge >= 0.3 is 23.9 Å². The highest BCUT2D eigenvalue weighted by molar-refractivity contribution is 5.91. The molecule has 0 saturated carbocycles. The van der Waals surface area contributed by atoms with Gasteiger partial charge in [-0.15, -0.1) is 0 Å². The van der Waals surface area contributed by atoms with E-state index < -0.39 is 60.7 Å². The molecule has 1 aliphatic heterocycles. The topological polar surface area (TPSA) is 133 Å². The van der Waals surface area contributed by atoms with Crippen LogP contribution in [-0.2, 0) is 30.1 Å². The quantitative estimate of drug-likeness (QED) is 0.0770. The first-order chi connectivity index (χ1) is 30.1. The number of aryl methyl sites for hydroxylation is 2. The van der Waals surface area contributed by atoms with Crippen molar-refractivity contribution < 1.29 is 52.3 Å². The summed E-state index contributed by atoms with van der Waals surface area (Å²) in [4.78, 5) is 55.8. The minimum Gasteiger partial charge on any atom is -0.497 e. The van der Waals surface area contributed by atoms with Crippen molar-refractivity contribution in [2.75, 3.05) is 7.11 Å². The molecule has 1 heterocycles. The predicted octanol–water partition coefficient (Wildman–Crippen LogP) is 8.93. The molecular weight excluding hydrogens is 789 g/mol. The lowest BCUT2D eigenvalue weighted by atomic mass is 9.94. The highest BCUT2D eigenvalue weighted by atomic mass is 16.7. The molecule has 11 nitrogen and oxygen atoms in total. The number of hydrogen-bond donors (Lipinski definition) is 0. The van der Waals surface area contributed by atoms with Crippen LogP contribution < -0.4 is 9.47 Å². The molecule has 6 aromatic rings. The molecule has 316 valence electrons. The Kier molecular flexibility index (Phi) is 13.7. The predicted molar refractivity (Wildman–Crippen MR) is 229 cm³/mol. The third-order valence-electron chi connectivity index (χ3n) is 10.4. The minimum absolute atomic E-state index is 0.175. The van der Waals surface area contributed by atoms with Gasteiger partial charge in [0.15, 0.2) is 12.2 Å². The van der Waals surface area contributed by atoms with Crippen LogP contribution in [0, 0.1) is 13.8 Å². The van der Waals surface area contributed by atoms with Gasteiger partial charge in [0.1, 0.15) is 23.7 Å². The van der Waals surface area contributed by atoms with E-state index in [0.29, 0.717) is 17.9 Å². The molecule has 1 aliphatic rings. The fourth-order valence-electron chi connectivity index (χ4n) is 7.24. The van der Waals surface area contributed by atoms with Gasteiger partial charge in [0.2, 0.25) is 12.4 Å². The maximum Gasteiger partial charge on any atom is 0.338 e. The molecule has 7 rings (SSSR count). The van der Waals surface area contributed by atoms with E-state index in [1.165, 1.54) is 0 Å². The van der Waals surface area contributed by atoms with Crippen molar-refractivity contribution in [2.24, 2.45) is 0 Å². The lowest BCUT2D eigenvalue weighted by Gasteiger charge is -2.45. The summed E-state index contributed by atoms with van der Waals surface area (Å²) in [6, 6.07) is 44.6. The Morgan fingerprint density at radius 3 is 1.50 bits per heavy atom. The number of methoxy groups -OCH3 is 1. The van der Waals surface area contributed by atoms with Crippen molar-refractivity contribution in [2.45, 2.75) is 64.0 Å². The van der Waals surface area contributed by atoms with Crippen LogP contribution in [-0.4, -0.2) is 67.8 Å². The van der Waals surface area contributed by atoms with Gasteiger partial charge in [0.25, 0.3) is 0 Å². The molecule has 0 aliphatic carbocycles. The highest BCUT2D eigenvalue weighted by Crippen LogP contribution is 2.37. The van der Waals surface area contributed by atoms with Crippen molar-refractivity contribution in [3.8, 4) is 11.5 Å². The average Bonchev–Trinajstić information content (AvgIpc) is 3.30. The summed E-state index contributed by atoms with van der Waals surface area (Å²) in [5.41, 5.74) is 4.35. The molecular formula is C51H46O11. The Bertz CT molecular complexity index is 2460. The molecule has 0 unspecified atom stereocenters.